The second kappa shape index (κ2) is 6.79. The van der Waals surface area contributed by atoms with Crippen LogP contribution in [0.3, 0.4) is 0 Å². The van der Waals surface area contributed by atoms with Gasteiger partial charge in [0.1, 0.15) is 5.82 Å². The van der Waals surface area contributed by atoms with E-state index in [1.165, 1.54) is 6.07 Å². The summed E-state index contributed by atoms with van der Waals surface area (Å²) in [5.74, 6) is -0.0634. The van der Waals surface area contributed by atoms with Crippen LogP contribution < -0.4 is 5.32 Å². The lowest BCUT2D eigenvalue weighted by Gasteiger charge is -2.23. The van der Waals surface area contributed by atoms with Crippen LogP contribution >= 0.6 is 0 Å². The molecular weight excluding hydrogens is 361 g/mol. The Hall–Kier alpha value is -2.29. The van der Waals surface area contributed by atoms with Gasteiger partial charge >= 0.3 is 0 Å². The van der Waals surface area contributed by atoms with Crippen LogP contribution in [0.25, 0.3) is 11.4 Å². The normalized spacial score (nSPS) is 21.7. The van der Waals surface area contributed by atoms with Gasteiger partial charge in [-0.15, -0.1) is 0 Å². The molecule has 1 fully saturated rings. The Kier molecular flexibility index (Phi) is 4.83. The predicted octanol–water partition coefficient (Wildman–Crippen LogP) is 1.81. The number of rotatable bonds is 5. The van der Waals surface area contributed by atoms with E-state index in [1.54, 1.807) is 26.0 Å². The van der Waals surface area contributed by atoms with Gasteiger partial charge in [-0.3, -0.25) is 4.79 Å². The maximum atomic E-state index is 13.6. The first-order valence-corrected chi connectivity index (χ1v) is 10.1. The number of sulfone groups is 1. The molecule has 7 nitrogen and oxygen atoms in total. The summed E-state index contributed by atoms with van der Waals surface area (Å²) in [5.41, 5.74) is 0.294. The maximum absolute atomic E-state index is 13.6. The molecule has 0 aliphatic carbocycles. The first-order valence-electron chi connectivity index (χ1n) is 8.26. The minimum atomic E-state index is -3.09. The van der Waals surface area contributed by atoms with E-state index in [0.717, 1.165) is 0 Å². The number of aryl methyl sites for hydroxylation is 2. The Morgan fingerprint density at radius 3 is 2.85 bits per heavy atom. The van der Waals surface area contributed by atoms with Crippen LogP contribution in [0.2, 0.25) is 0 Å². The van der Waals surface area contributed by atoms with Gasteiger partial charge in [0.15, 0.2) is 9.84 Å². The Labute approximate surface area is 150 Å². The monoisotopic (exact) mass is 381 g/mol. The third kappa shape index (κ3) is 4.27. The summed E-state index contributed by atoms with van der Waals surface area (Å²) in [4.78, 5) is 16.3. The van der Waals surface area contributed by atoms with Gasteiger partial charge in [-0.25, -0.2) is 12.8 Å². The largest absolute Gasteiger partial charge is 0.350 e. The van der Waals surface area contributed by atoms with E-state index in [4.69, 9.17) is 4.52 Å². The number of carbonyl (C=O) groups is 1. The molecule has 1 atom stereocenters. The van der Waals surface area contributed by atoms with Crippen LogP contribution in [-0.4, -0.2) is 41.5 Å². The quantitative estimate of drug-likeness (QED) is 0.847. The number of carbonyl (C=O) groups excluding carboxylic acids is 1. The first kappa shape index (κ1) is 18.5. The van der Waals surface area contributed by atoms with Crippen molar-refractivity contribution in [1.29, 1.82) is 0 Å². The topological polar surface area (TPSA) is 102 Å². The molecule has 1 aliphatic rings. The number of benzene rings is 1. The van der Waals surface area contributed by atoms with Gasteiger partial charge in [0.05, 0.1) is 17.0 Å². The van der Waals surface area contributed by atoms with Crippen LogP contribution in [0.1, 0.15) is 31.2 Å². The van der Waals surface area contributed by atoms with E-state index in [9.17, 15) is 17.6 Å². The van der Waals surface area contributed by atoms with Crippen molar-refractivity contribution in [3.8, 4) is 11.4 Å². The zero-order valence-corrected chi connectivity index (χ0v) is 15.4. The van der Waals surface area contributed by atoms with Crippen molar-refractivity contribution in [2.45, 2.75) is 38.6 Å². The molecule has 1 unspecified atom stereocenters. The molecule has 0 spiro atoms. The van der Waals surface area contributed by atoms with Crippen molar-refractivity contribution in [2.24, 2.45) is 0 Å². The van der Waals surface area contributed by atoms with Crippen molar-refractivity contribution in [3.63, 3.8) is 0 Å². The van der Waals surface area contributed by atoms with Gasteiger partial charge in [0.2, 0.25) is 17.6 Å². The molecule has 1 aromatic carbocycles. The molecule has 9 heteroatoms. The Morgan fingerprint density at radius 2 is 2.19 bits per heavy atom. The van der Waals surface area contributed by atoms with Crippen LogP contribution in [0.5, 0.6) is 0 Å². The van der Waals surface area contributed by atoms with Gasteiger partial charge in [0, 0.05) is 18.4 Å². The zero-order valence-electron chi connectivity index (χ0n) is 14.6. The third-order valence-electron chi connectivity index (χ3n) is 4.41. The molecule has 1 N–H and O–H groups in total. The standard InChI is InChI=1S/C17H20FN3O4S/c1-11-3-4-12(9-13(11)18)16-19-15(25-21-16)6-5-14(22)20-17(2)7-8-26(23,24)10-17/h3-4,9H,5-8,10H2,1-2H3,(H,20,22). The predicted molar refractivity (Wildman–Crippen MR) is 92.6 cm³/mol. The van der Waals surface area contributed by atoms with Crippen LogP contribution in [-0.2, 0) is 21.1 Å². The van der Waals surface area contributed by atoms with Crippen LogP contribution in [0, 0.1) is 12.7 Å². The number of aromatic nitrogens is 2. The summed E-state index contributed by atoms with van der Waals surface area (Å²) in [7, 11) is -3.09. The maximum Gasteiger partial charge on any atom is 0.227 e. The van der Waals surface area contributed by atoms with Crippen molar-refractivity contribution >= 4 is 15.7 Å². The fraction of sp³-hybridized carbons (Fsp3) is 0.471. The number of hydrogen-bond donors (Lipinski definition) is 1. The van der Waals surface area contributed by atoms with Crippen LogP contribution in [0.4, 0.5) is 4.39 Å². The molecule has 1 saturated heterocycles. The highest BCUT2D eigenvalue weighted by atomic mass is 32.2. The van der Waals surface area contributed by atoms with E-state index in [0.29, 0.717) is 17.5 Å². The lowest BCUT2D eigenvalue weighted by atomic mass is 10.0. The highest BCUT2D eigenvalue weighted by molar-refractivity contribution is 7.91. The minimum absolute atomic E-state index is 0.0462. The fourth-order valence-electron chi connectivity index (χ4n) is 2.93. The summed E-state index contributed by atoms with van der Waals surface area (Å²) in [5, 5.41) is 6.58. The fourth-order valence-corrected chi connectivity index (χ4v) is 5.03. The van der Waals surface area contributed by atoms with Gasteiger partial charge in [0.25, 0.3) is 0 Å². The molecule has 0 bridgehead atoms. The molecule has 3 rings (SSSR count). The summed E-state index contributed by atoms with van der Waals surface area (Å²) < 4.78 is 41.9. The molecule has 140 valence electrons. The number of halogens is 1. The van der Waals surface area contributed by atoms with E-state index < -0.39 is 15.4 Å². The highest BCUT2D eigenvalue weighted by Gasteiger charge is 2.39. The minimum Gasteiger partial charge on any atom is -0.350 e. The lowest BCUT2D eigenvalue weighted by molar-refractivity contribution is -0.122. The molecular formula is C17H20FN3O4S. The van der Waals surface area contributed by atoms with Crippen molar-refractivity contribution in [1.82, 2.24) is 15.5 Å². The number of nitrogens with one attached hydrogen (secondary N) is 1. The van der Waals surface area contributed by atoms with Crippen LogP contribution in [0.15, 0.2) is 22.7 Å². The van der Waals surface area contributed by atoms with E-state index >= 15 is 0 Å². The van der Waals surface area contributed by atoms with Crippen molar-refractivity contribution in [2.75, 3.05) is 11.5 Å². The molecule has 2 aromatic rings. The number of nitrogens with zero attached hydrogens (tertiary/aromatic N) is 2. The summed E-state index contributed by atoms with van der Waals surface area (Å²) >= 11 is 0. The zero-order chi connectivity index (χ0) is 18.9. The lowest BCUT2D eigenvalue weighted by Crippen LogP contribution is -2.47. The molecule has 0 saturated carbocycles. The summed E-state index contributed by atoms with van der Waals surface area (Å²) in [6, 6.07) is 4.66. The third-order valence-corrected chi connectivity index (χ3v) is 6.31. The molecule has 2 heterocycles. The van der Waals surface area contributed by atoms with E-state index in [2.05, 4.69) is 15.5 Å². The molecule has 1 aliphatic heterocycles. The smallest absolute Gasteiger partial charge is 0.227 e. The average molecular weight is 381 g/mol. The second-order valence-electron chi connectivity index (χ2n) is 6.93. The second-order valence-corrected chi connectivity index (χ2v) is 9.11. The molecule has 26 heavy (non-hydrogen) atoms. The van der Waals surface area contributed by atoms with E-state index in [-0.39, 0.29) is 47.8 Å². The molecule has 0 radical (unpaired) electrons. The van der Waals surface area contributed by atoms with Crippen molar-refractivity contribution < 1.29 is 22.1 Å². The van der Waals surface area contributed by atoms with Gasteiger partial charge in [-0.2, -0.15) is 4.98 Å². The van der Waals surface area contributed by atoms with Gasteiger partial charge in [-0.05, 0) is 31.9 Å². The SMILES string of the molecule is Cc1ccc(-c2noc(CCC(=O)NC3(C)CCS(=O)(=O)C3)n2)cc1F. The van der Waals surface area contributed by atoms with Gasteiger partial charge in [-0.1, -0.05) is 17.3 Å². The van der Waals surface area contributed by atoms with Gasteiger partial charge < -0.3 is 9.84 Å². The van der Waals surface area contributed by atoms with Crippen molar-refractivity contribution in [3.05, 3.63) is 35.5 Å². The molecule has 1 amide bonds. The van der Waals surface area contributed by atoms with E-state index in [1.807, 2.05) is 0 Å². The Morgan fingerprint density at radius 1 is 1.42 bits per heavy atom. The Bertz CT molecular complexity index is 941. The highest BCUT2D eigenvalue weighted by Crippen LogP contribution is 2.23. The number of hydrogen-bond acceptors (Lipinski definition) is 6. The Balaban J connectivity index is 1.58. The molecule has 1 aromatic heterocycles. The summed E-state index contributed by atoms with van der Waals surface area (Å²) in [6.07, 6.45) is 0.723. The first-order chi connectivity index (χ1) is 12.2. The number of amides is 1. The summed E-state index contributed by atoms with van der Waals surface area (Å²) in [6.45, 7) is 3.39. The average Bonchev–Trinajstić information content (AvgIpc) is 3.12.